The quantitative estimate of drug-likeness (QED) is 0.559. The van der Waals surface area contributed by atoms with E-state index in [9.17, 15) is 0 Å². The molecule has 0 aromatic heterocycles. The van der Waals surface area contributed by atoms with Crippen LogP contribution in [0.15, 0.2) is 43.0 Å². The molecule has 2 rings (SSSR count). The highest BCUT2D eigenvalue weighted by Crippen LogP contribution is 2.23. The average molecular weight is 234 g/mol. The summed E-state index contributed by atoms with van der Waals surface area (Å²) in [5.41, 5.74) is 0.834. The van der Waals surface area contributed by atoms with Crippen LogP contribution < -0.4 is 0 Å². The Morgan fingerprint density at radius 2 is 2.18 bits per heavy atom. The zero-order valence-corrected chi connectivity index (χ0v) is 9.93. The van der Waals surface area contributed by atoms with Gasteiger partial charge in [-0.1, -0.05) is 36.4 Å². The largest absolute Gasteiger partial charge is 0.377 e. The molecule has 1 aliphatic heterocycles. The summed E-state index contributed by atoms with van der Waals surface area (Å²) in [5, 5.41) is 0. The molecule has 0 saturated carbocycles. The van der Waals surface area contributed by atoms with E-state index in [2.05, 4.69) is 18.7 Å². The Morgan fingerprint density at radius 3 is 2.82 bits per heavy atom. The summed E-state index contributed by atoms with van der Waals surface area (Å²) in [6.07, 6.45) is 2.59. The van der Waals surface area contributed by atoms with Gasteiger partial charge in [-0.2, -0.15) is 0 Å². The molecular formula is C14H18O3. The first kappa shape index (κ1) is 12.3. The Kier molecular flexibility index (Phi) is 4.31. The molecule has 1 aliphatic rings. The van der Waals surface area contributed by atoms with Crippen molar-refractivity contribution in [1.82, 2.24) is 0 Å². The van der Waals surface area contributed by atoms with Gasteiger partial charge in [0.1, 0.15) is 12.4 Å². The van der Waals surface area contributed by atoms with Crippen LogP contribution in [0.5, 0.6) is 0 Å². The third-order valence-electron chi connectivity index (χ3n) is 2.93. The normalized spacial score (nSPS) is 23.8. The molecule has 1 heterocycles. The number of benzene rings is 1. The van der Waals surface area contributed by atoms with Crippen molar-refractivity contribution in [2.24, 2.45) is 0 Å². The first-order chi connectivity index (χ1) is 8.35. The molecule has 1 fully saturated rings. The molecule has 0 N–H and O–H groups in total. The molecule has 0 radical (unpaired) electrons. The molecule has 92 valence electrons. The van der Waals surface area contributed by atoms with Gasteiger partial charge in [0.2, 0.25) is 0 Å². The Morgan fingerprint density at radius 1 is 1.35 bits per heavy atom. The fourth-order valence-electron chi connectivity index (χ4n) is 1.79. The molecule has 0 bridgehead atoms. The van der Waals surface area contributed by atoms with Gasteiger partial charge in [-0.25, -0.2) is 0 Å². The van der Waals surface area contributed by atoms with Crippen molar-refractivity contribution in [3.63, 3.8) is 0 Å². The van der Waals surface area contributed by atoms with Crippen LogP contribution in [0.2, 0.25) is 0 Å². The number of hydrogen-bond acceptors (Lipinski definition) is 3. The van der Waals surface area contributed by atoms with E-state index in [1.165, 1.54) is 5.56 Å². The molecule has 0 amide bonds. The van der Waals surface area contributed by atoms with Crippen LogP contribution in [-0.2, 0) is 20.8 Å². The van der Waals surface area contributed by atoms with E-state index >= 15 is 0 Å². The second-order valence-electron chi connectivity index (χ2n) is 4.17. The molecule has 1 aromatic rings. The Labute approximate surface area is 102 Å². The topological polar surface area (TPSA) is 27.7 Å². The van der Waals surface area contributed by atoms with Gasteiger partial charge in [0.25, 0.3) is 0 Å². The first-order valence-corrected chi connectivity index (χ1v) is 5.82. The summed E-state index contributed by atoms with van der Waals surface area (Å²) in [7, 11) is 0. The Hall–Kier alpha value is -1.16. The van der Waals surface area contributed by atoms with Crippen LogP contribution in [-0.4, -0.2) is 25.6 Å². The highest BCUT2D eigenvalue weighted by molar-refractivity contribution is 5.13. The fourth-order valence-corrected chi connectivity index (χ4v) is 1.79. The van der Waals surface area contributed by atoms with Gasteiger partial charge in [-0.05, 0) is 5.56 Å². The van der Waals surface area contributed by atoms with E-state index in [0.717, 1.165) is 6.42 Å². The van der Waals surface area contributed by atoms with Gasteiger partial charge < -0.3 is 14.2 Å². The Balaban J connectivity index is 1.71. The van der Waals surface area contributed by atoms with Gasteiger partial charge in [0.05, 0.1) is 19.8 Å². The molecule has 0 spiro atoms. The summed E-state index contributed by atoms with van der Waals surface area (Å²) in [5.74, 6) is 0. The van der Waals surface area contributed by atoms with Crippen LogP contribution >= 0.6 is 0 Å². The maximum Gasteiger partial charge on any atom is 0.148 e. The summed E-state index contributed by atoms with van der Waals surface area (Å²) in [4.78, 5) is 0. The standard InChI is InChI=1S/C14H18O3/c1-2-14(11-16-12-17-14)8-9-15-10-13-6-4-3-5-7-13/h2-7H,1,8-12H2/t14-/m1/s1. The van der Waals surface area contributed by atoms with E-state index in [-0.39, 0.29) is 5.60 Å². The van der Waals surface area contributed by atoms with E-state index in [4.69, 9.17) is 14.2 Å². The van der Waals surface area contributed by atoms with Crippen LogP contribution in [0.1, 0.15) is 12.0 Å². The molecule has 1 saturated heterocycles. The second kappa shape index (κ2) is 5.96. The average Bonchev–Trinajstić information content (AvgIpc) is 2.85. The molecule has 1 aromatic carbocycles. The fraction of sp³-hybridized carbons (Fsp3) is 0.429. The predicted molar refractivity (Wildman–Crippen MR) is 65.5 cm³/mol. The lowest BCUT2D eigenvalue weighted by atomic mass is 10.0. The van der Waals surface area contributed by atoms with E-state index in [0.29, 0.717) is 26.6 Å². The van der Waals surface area contributed by atoms with E-state index in [1.54, 1.807) is 0 Å². The zero-order chi connectivity index (χ0) is 12.0. The van der Waals surface area contributed by atoms with Crippen molar-refractivity contribution in [2.45, 2.75) is 18.6 Å². The van der Waals surface area contributed by atoms with Crippen molar-refractivity contribution >= 4 is 0 Å². The molecular weight excluding hydrogens is 216 g/mol. The molecule has 3 heteroatoms. The minimum absolute atomic E-state index is 0.351. The predicted octanol–water partition coefficient (Wildman–Crippen LogP) is 2.52. The van der Waals surface area contributed by atoms with E-state index in [1.807, 2.05) is 24.3 Å². The number of ether oxygens (including phenoxy) is 3. The van der Waals surface area contributed by atoms with Crippen molar-refractivity contribution in [3.8, 4) is 0 Å². The zero-order valence-electron chi connectivity index (χ0n) is 9.93. The lowest BCUT2D eigenvalue weighted by Crippen LogP contribution is -2.30. The van der Waals surface area contributed by atoms with Crippen LogP contribution in [0.3, 0.4) is 0 Å². The van der Waals surface area contributed by atoms with Crippen molar-refractivity contribution in [1.29, 1.82) is 0 Å². The molecule has 0 aliphatic carbocycles. The summed E-state index contributed by atoms with van der Waals surface area (Å²) in [6, 6.07) is 10.1. The third kappa shape index (κ3) is 3.40. The lowest BCUT2D eigenvalue weighted by Gasteiger charge is -2.21. The Bertz CT molecular complexity index is 342. The smallest absolute Gasteiger partial charge is 0.148 e. The highest BCUT2D eigenvalue weighted by Gasteiger charge is 2.32. The van der Waals surface area contributed by atoms with Gasteiger partial charge in [-0.15, -0.1) is 6.58 Å². The second-order valence-corrected chi connectivity index (χ2v) is 4.17. The van der Waals surface area contributed by atoms with Gasteiger partial charge in [0, 0.05) is 6.42 Å². The number of rotatable bonds is 6. The third-order valence-corrected chi connectivity index (χ3v) is 2.93. The van der Waals surface area contributed by atoms with Crippen LogP contribution in [0.25, 0.3) is 0 Å². The van der Waals surface area contributed by atoms with E-state index < -0.39 is 0 Å². The lowest BCUT2D eigenvalue weighted by molar-refractivity contribution is -0.00439. The monoisotopic (exact) mass is 234 g/mol. The van der Waals surface area contributed by atoms with Crippen LogP contribution in [0.4, 0.5) is 0 Å². The molecule has 3 nitrogen and oxygen atoms in total. The highest BCUT2D eigenvalue weighted by atomic mass is 16.7. The van der Waals surface area contributed by atoms with Gasteiger partial charge in [0.15, 0.2) is 0 Å². The van der Waals surface area contributed by atoms with Crippen molar-refractivity contribution in [3.05, 3.63) is 48.6 Å². The molecule has 1 atom stereocenters. The maximum absolute atomic E-state index is 5.63. The van der Waals surface area contributed by atoms with Crippen molar-refractivity contribution in [2.75, 3.05) is 20.0 Å². The summed E-state index contributed by atoms with van der Waals surface area (Å²) >= 11 is 0. The molecule has 0 unspecified atom stereocenters. The minimum atomic E-state index is -0.351. The van der Waals surface area contributed by atoms with Crippen LogP contribution in [0, 0.1) is 0 Å². The minimum Gasteiger partial charge on any atom is -0.377 e. The maximum atomic E-state index is 5.63. The van der Waals surface area contributed by atoms with Gasteiger partial charge >= 0.3 is 0 Å². The first-order valence-electron chi connectivity index (χ1n) is 5.82. The van der Waals surface area contributed by atoms with Gasteiger partial charge in [-0.3, -0.25) is 0 Å². The summed E-state index contributed by atoms with van der Waals surface area (Å²) in [6.45, 7) is 5.99. The number of hydrogen-bond donors (Lipinski definition) is 0. The summed E-state index contributed by atoms with van der Waals surface area (Å²) < 4.78 is 16.4. The molecule has 17 heavy (non-hydrogen) atoms. The SMILES string of the molecule is C=C[C@@]1(CCOCc2ccccc2)COCO1. The van der Waals surface area contributed by atoms with Crippen molar-refractivity contribution < 1.29 is 14.2 Å².